The first kappa shape index (κ1) is 14.9. The number of hydrogen-bond acceptors (Lipinski definition) is 7. The fraction of sp³-hybridized carbons (Fsp3) is 0.667. The largest absolute Gasteiger partial charge is 0.464 e. The molecule has 1 aromatic heterocycles. The van der Waals surface area contributed by atoms with Crippen LogP contribution in [0.5, 0.6) is 0 Å². The summed E-state index contributed by atoms with van der Waals surface area (Å²) in [4.78, 5) is 15.5. The van der Waals surface area contributed by atoms with Gasteiger partial charge in [-0.2, -0.15) is 4.31 Å². The van der Waals surface area contributed by atoms with Crippen molar-refractivity contribution in [3.63, 3.8) is 0 Å². The molecule has 0 amide bonds. The molecule has 116 valence electrons. The quantitative estimate of drug-likeness (QED) is 0.764. The van der Waals surface area contributed by atoms with E-state index in [1.807, 2.05) is 0 Å². The number of rotatable bonds is 3. The van der Waals surface area contributed by atoms with Crippen LogP contribution in [0.25, 0.3) is 0 Å². The van der Waals surface area contributed by atoms with Gasteiger partial charge in [-0.15, -0.1) is 11.3 Å². The van der Waals surface area contributed by atoms with Crippen molar-refractivity contribution in [3.8, 4) is 0 Å². The van der Waals surface area contributed by atoms with Crippen LogP contribution in [0.15, 0.2) is 9.72 Å². The lowest BCUT2D eigenvalue weighted by Gasteiger charge is -2.36. The molecule has 0 N–H and O–H groups in total. The molecule has 1 saturated carbocycles. The third kappa shape index (κ3) is 2.48. The van der Waals surface area contributed by atoms with Crippen molar-refractivity contribution in [2.45, 2.75) is 35.6 Å². The lowest BCUT2D eigenvalue weighted by atomic mass is 10.2. The highest BCUT2D eigenvalue weighted by atomic mass is 32.2. The predicted molar refractivity (Wildman–Crippen MR) is 74.7 cm³/mol. The number of morpholine rings is 1. The van der Waals surface area contributed by atoms with Crippen molar-refractivity contribution in [2.24, 2.45) is 0 Å². The van der Waals surface area contributed by atoms with Gasteiger partial charge in [-0.25, -0.2) is 18.2 Å². The average Bonchev–Trinajstić information content (AvgIpc) is 3.14. The average molecular weight is 332 g/mol. The fourth-order valence-corrected chi connectivity index (χ4v) is 5.86. The van der Waals surface area contributed by atoms with Gasteiger partial charge in [0.1, 0.15) is 0 Å². The van der Waals surface area contributed by atoms with E-state index < -0.39 is 16.0 Å². The van der Waals surface area contributed by atoms with E-state index in [1.54, 1.807) is 0 Å². The van der Waals surface area contributed by atoms with Crippen LogP contribution in [0.4, 0.5) is 0 Å². The fourth-order valence-electron chi connectivity index (χ4n) is 2.95. The first-order valence-electron chi connectivity index (χ1n) is 6.71. The lowest BCUT2D eigenvalue weighted by molar-refractivity contribution is -0.0241. The van der Waals surface area contributed by atoms with Gasteiger partial charge in [-0.1, -0.05) is 0 Å². The number of hydrogen-bond donors (Lipinski definition) is 0. The first-order chi connectivity index (χ1) is 10.1. The number of nitrogens with zero attached hydrogens (tertiary/aromatic N) is 2. The van der Waals surface area contributed by atoms with Crippen LogP contribution in [0, 0.1) is 0 Å². The zero-order valence-electron chi connectivity index (χ0n) is 11.5. The van der Waals surface area contributed by atoms with Gasteiger partial charge in [0.15, 0.2) is 9.90 Å². The topological polar surface area (TPSA) is 85.8 Å². The number of carbonyl (C=O) groups is 1. The summed E-state index contributed by atoms with van der Waals surface area (Å²) >= 11 is 0.946. The van der Waals surface area contributed by atoms with Crippen molar-refractivity contribution in [1.82, 2.24) is 9.29 Å². The maximum absolute atomic E-state index is 12.9. The molecular formula is C12H16N2O5S2. The van der Waals surface area contributed by atoms with Gasteiger partial charge in [-0.05, 0) is 19.3 Å². The van der Waals surface area contributed by atoms with E-state index in [1.165, 1.54) is 16.9 Å². The molecule has 2 fully saturated rings. The van der Waals surface area contributed by atoms with Crippen molar-refractivity contribution in [3.05, 3.63) is 11.2 Å². The van der Waals surface area contributed by atoms with E-state index in [4.69, 9.17) is 4.74 Å². The number of aromatic nitrogens is 1. The van der Waals surface area contributed by atoms with Crippen LogP contribution in [0.1, 0.15) is 29.8 Å². The van der Waals surface area contributed by atoms with Crippen molar-refractivity contribution in [1.29, 1.82) is 0 Å². The smallest absolute Gasteiger partial charge is 0.358 e. The Morgan fingerprint density at radius 2 is 2.33 bits per heavy atom. The summed E-state index contributed by atoms with van der Waals surface area (Å²) in [6, 6.07) is -0.142. The van der Waals surface area contributed by atoms with Gasteiger partial charge < -0.3 is 9.47 Å². The molecule has 1 aliphatic carbocycles. The van der Waals surface area contributed by atoms with Gasteiger partial charge >= 0.3 is 5.97 Å². The van der Waals surface area contributed by atoms with Gasteiger partial charge in [0.2, 0.25) is 0 Å². The summed E-state index contributed by atoms with van der Waals surface area (Å²) in [5.41, 5.74) is 1.22. The van der Waals surface area contributed by atoms with Crippen molar-refractivity contribution in [2.75, 3.05) is 20.3 Å². The molecule has 1 aromatic rings. The number of carbonyl (C=O) groups excluding carboxylic acids is 1. The summed E-state index contributed by atoms with van der Waals surface area (Å²) in [5, 5.41) is 0. The zero-order valence-corrected chi connectivity index (χ0v) is 13.2. The van der Waals surface area contributed by atoms with E-state index in [0.717, 1.165) is 30.6 Å². The molecule has 21 heavy (non-hydrogen) atoms. The number of sulfonamides is 1. The van der Waals surface area contributed by atoms with E-state index in [-0.39, 0.29) is 22.0 Å². The molecule has 0 bridgehead atoms. The molecule has 2 heterocycles. The highest BCUT2D eigenvalue weighted by Crippen LogP contribution is 2.35. The number of esters is 1. The highest BCUT2D eigenvalue weighted by Gasteiger charge is 2.44. The second kappa shape index (κ2) is 5.64. The molecular weight excluding hydrogens is 316 g/mol. The first-order valence-corrected chi connectivity index (χ1v) is 9.03. The van der Waals surface area contributed by atoms with Crippen LogP contribution in [0.2, 0.25) is 0 Å². The number of ether oxygens (including phenoxy) is 2. The Balaban J connectivity index is 1.97. The molecule has 0 radical (unpaired) electrons. The van der Waals surface area contributed by atoms with Crippen LogP contribution >= 0.6 is 11.3 Å². The second-order valence-corrected chi connectivity index (χ2v) is 7.94. The molecule has 2 aliphatic rings. The third-order valence-corrected chi connectivity index (χ3v) is 7.16. The van der Waals surface area contributed by atoms with Crippen molar-refractivity contribution >= 4 is 27.3 Å². The van der Waals surface area contributed by atoms with Crippen LogP contribution in [0.3, 0.4) is 0 Å². The summed E-state index contributed by atoms with van der Waals surface area (Å²) in [6.45, 7) is 0.689. The minimum Gasteiger partial charge on any atom is -0.464 e. The Hall–Kier alpha value is -1.03. The Bertz CT molecular complexity index is 642. The summed E-state index contributed by atoms with van der Waals surface area (Å²) in [5.74, 6) is -0.731. The lowest BCUT2D eigenvalue weighted by Crippen LogP contribution is -2.51. The maximum Gasteiger partial charge on any atom is 0.358 e. The highest BCUT2D eigenvalue weighted by molar-refractivity contribution is 7.91. The predicted octanol–water partition coefficient (Wildman–Crippen LogP) is 0.872. The minimum absolute atomic E-state index is 0.0389. The molecule has 0 aromatic carbocycles. The molecule has 3 rings (SSSR count). The number of thiazole rings is 1. The van der Waals surface area contributed by atoms with Gasteiger partial charge in [0, 0.05) is 6.54 Å². The number of fused-ring (bicyclic) bond motifs is 1. The van der Waals surface area contributed by atoms with Gasteiger partial charge in [-0.3, -0.25) is 0 Å². The van der Waals surface area contributed by atoms with E-state index in [0.29, 0.717) is 13.2 Å². The molecule has 2 unspecified atom stereocenters. The maximum atomic E-state index is 12.9. The van der Waals surface area contributed by atoms with E-state index >= 15 is 0 Å². The Labute approximate surface area is 126 Å². The zero-order chi connectivity index (χ0) is 15.0. The van der Waals surface area contributed by atoms with Gasteiger partial charge in [0.25, 0.3) is 10.0 Å². The standard InChI is InChI=1S/C12H16N2O5S2/c1-18-11(15)10-12(20-7-13-10)21(16,17)14-5-6-19-9-4-2-3-8(9)14/h7-9H,2-6H2,1H3. The monoisotopic (exact) mass is 332 g/mol. The SMILES string of the molecule is COC(=O)c1ncsc1S(=O)(=O)N1CCOC2CCCC21. The van der Waals surface area contributed by atoms with Crippen LogP contribution in [-0.4, -0.2) is 56.1 Å². The summed E-state index contributed by atoms with van der Waals surface area (Å²) in [6.07, 6.45) is 2.58. The summed E-state index contributed by atoms with van der Waals surface area (Å²) < 4.78 is 37.4. The molecule has 7 nitrogen and oxygen atoms in total. The Morgan fingerprint density at radius 1 is 1.52 bits per heavy atom. The summed E-state index contributed by atoms with van der Waals surface area (Å²) in [7, 11) is -2.54. The molecule has 9 heteroatoms. The normalized spacial score (nSPS) is 26.5. The van der Waals surface area contributed by atoms with Crippen LogP contribution in [-0.2, 0) is 19.5 Å². The molecule has 1 saturated heterocycles. The van der Waals surface area contributed by atoms with Gasteiger partial charge in [0.05, 0.1) is 31.4 Å². The molecule has 0 spiro atoms. The Kier molecular flexibility index (Phi) is 4.00. The van der Waals surface area contributed by atoms with Crippen molar-refractivity contribution < 1.29 is 22.7 Å². The second-order valence-electron chi connectivity index (χ2n) is 5.00. The minimum atomic E-state index is -3.75. The third-order valence-electron chi connectivity index (χ3n) is 3.89. The molecule has 1 aliphatic heterocycles. The van der Waals surface area contributed by atoms with Crippen LogP contribution < -0.4 is 0 Å². The number of methoxy groups -OCH3 is 1. The molecule has 2 atom stereocenters. The Morgan fingerprint density at radius 3 is 3.10 bits per heavy atom. The van der Waals surface area contributed by atoms with E-state index in [2.05, 4.69) is 9.72 Å². The van der Waals surface area contributed by atoms with E-state index in [9.17, 15) is 13.2 Å².